The molecule has 0 aliphatic heterocycles. The molecule has 1 atom stereocenters. The number of hydrogen-bond donors (Lipinski definition) is 4. The predicted molar refractivity (Wildman–Crippen MR) is 220 cm³/mol. The Morgan fingerprint density at radius 1 is 0.949 bits per heavy atom. The Balaban J connectivity index is 1.39. The standard InChI is InChI=1S/C45H54N4O10/c1-4-6-7-11-22-56-44(54)49-41(46)32-18-16-29(17-19-32)23-39(51)37-24-31(5-2)33(27-50)25-36(37)35-20-21-38(42(52)47-26-30-14-15-30)48-40(35)43(53)57-28(3)58-45(55)59-34-12-9-8-10-13-34/h5,16-21,24-25,28,30,34,50H,2,4,6-15,22-23,26-27H2,1,3H3,(H,47,52)(H2,46,49,54). The van der Waals surface area contributed by atoms with Crippen molar-refractivity contribution >= 4 is 41.8 Å². The average Bonchev–Trinajstić information content (AvgIpc) is 4.07. The molecule has 0 radical (unpaired) electrons. The van der Waals surface area contributed by atoms with Crippen LogP contribution in [0.5, 0.6) is 0 Å². The van der Waals surface area contributed by atoms with Gasteiger partial charge in [-0.25, -0.2) is 19.4 Å². The first kappa shape index (κ1) is 44.2. The van der Waals surface area contributed by atoms with E-state index in [1.54, 1.807) is 36.4 Å². The molecule has 14 heteroatoms. The van der Waals surface area contributed by atoms with E-state index in [1.165, 1.54) is 25.1 Å². The molecule has 4 N–H and O–H groups in total. The van der Waals surface area contributed by atoms with Crippen molar-refractivity contribution in [2.75, 3.05) is 13.2 Å². The van der Waals surface area contributed by atoms with E-state index in [0.717, 1.165) is 70.6 Å². The molecule has 14 nitrogen and oxygen atoms in total. The summed E-state index contributed by atoms with van der Waals surface area (Å²) < 4.78 is 21.4. The molecule has 0 spiro atoms. The monoisotopic (exact) mass is 810 g/mol. The van der Waals surface area contributed by atoms with Gasteiger partial charge in [0.25, 0.3) is 5.91 Å². The zero-order valence-corrected chi connectivity index (χ0v) is 33.8. The van der Waals surface area contributed by atoms with Crippen molar-refractivity contribution in [2.24, 2.45) is 5.92 Å². The zero-order chi connectivity index (χ0) is 42.3. The van der Waals surface area contributed by atoms with Gasteiger partial charge in [0.15, 0.2) is 11.5 Å². The first-order valence-electron chi connectivity index (χ1n) is 20.4. The number of hydrogen-bond acceptors (Lipinski definition) is 12. The summed E-state index contributed by atoms with van der Waals surface area (Å²) in [4.78, 5) is 70.4. The van der Waals surface area contributed by atoms with Crippen molar-refractivity contribution in [2.45, 2.75) is 110 Å². The molecule has 2 saturated carbocycles. The fraction of sp³-hybridized carbons (Fsp3) is 0.444. The van der Waals surface area contributed by atoms with Gasteiger partial charge in [-0.05, 0) is 97.4 Å². The Morgan fingerprint density at radius 3 is 2.37 bits per heavy atom. The summed E-state index contributed by atoms with van der Waals surface area (Å²) in [5.74, 6) is -1.67. The lowest BCUT2D eigenvalue weighted by atomic mass is 9.89. The second kappa shape index (κ2) is 21.8. The number of amides is 2. The molecule has 314 valence electrons. The molecule has 1 unspecified atom stereocenters. The molecule has 0 bridgehead atoms. The minimum absolute atomic E-state index is 0.0648. The second-order valence-corrected chi connectivity index (χ2v) is 14.9. The van der Waals surface area contributed by atoms with Gasteiger partial charge in [0.1, 0.15) is 17.6 Å². The van der Waals surface area contributed by atoms with Crippen LogP contribution in [0.15, 0.2) is 55.1 Å². The molecular formula is C45H54N4O10. The van der Waals surface area contributed by atoms with Gasteiger partial charge >= 0.3 is 18.2 Å². The number of ketones is 1. The lowest BCUT2D eigenvalue weighted by Gasteiger charge is -2.22. The van der Waals surface area contributed by atoms with Gasteiger partial charge < -0.3 is 29.4 Å². The number of unbranched alkanes of at least 4 members (excludes halogenated alkanes) is 3. The smallest absolute Gasteiger partial charge is 0.449 e. The van der Waals surface area contributed by atoms with E-state index in [4.69, 9.17) is 24.4 Å². The van der Waals surface area contributed by atoms with Gasteiger partial charge in [0.2, 0.25) is 6.29 Å². The van der Waals surface area contributed by atoms with Crippen LogP contribution in [0.3, 0.4) is 0 Å². The van der Waals surface area contributed by atoms with E-state index >= 15 is 0 Å². The van der Waals surface area contributed by atoms with E-state index in [-0.39, 0.29) is 58.8 Å². The molecule has 5 rings (SSSR count). The first-order valence-corrected chi connectivity index (χ1v) is 20.4. The number of Topliss-reactive ketones (excluding diaryl/α,β-unsaturated/α-hetero) is 1. The maximum Gasteiger partial charge on any atom is 0.511 e. The van der Waals surface area contributed by atoms with Crippen molar-refractivity contribution in [3.63, 3.8) is 0 Å². The van der Waals surface area contributed by atoms with Crippen molar-refractivity contribution in [1.82, 2.24) is 15.6 Å². The van der Waals surface area contributed by atoms with Crippen LogP contribution in [0.1, 0.15) is 138 Å². The van der Waals surface area contributed by atoms with Gasteiger partial charge in [-0.1, -0.05) is 69.5 Å². The van der Waals surface area contributed by atoms with Gasteiger partial charge in [0, 0.05) is 36.6 Å². The highest BCUT2D eigenvalue weighted by molar-refractivity contribution is 6.08. The highest BCUT2D eigenvalue weighted by Gasteiger charge is 2.28. The molecule has 2 aliphatic carbocycles. The van der Waals surface area contributed by atoms with E-state index in [1.807, 2.05) is 0 Å². The van der Waals surface area contributed by atoms with Crippen LogP contribution < -0.4 is 10.6 Å². The SMILES string of the molecule is C=Cc1cc(C(=O)Cc2ccc(C(=N)NC(=O)OCCCCCC)cc2)c(-c2ccc(C(=O)NCC3CC3)nc2C(=O)OC(C)OC(=O)OC2CCCCC2)cc1CO. The number of alkyl carbamates (subject to hydrolysis) is 1. The number of aliphatic hydroxyl groups excluding tert-OH is 1. The lowest BCUT2D eigenvalue weighted by molar-refractivity contribution is -0.0917. The number of nitrogens with zero attached hydrogens (tertiary/aromatic N) is 1. The minimum Gasteiger partial charge on any atom is -0.449 e. The van der Waals surface area contributed by atoms with Crippen LogP contribution in [0.4, 0.5) is 9.59 Å². The molecule has 2 fully saturated rings. The Morgan fingerprint density at radius 2 is 1.69 bits per heavy atom. The molecule has 0 saturated heterocycles. The van der Waals surface area contributed by atoms with Crippen LogP contribution in [-0.4, -0.2) is 71.4 Å². The van der Waals surface area contributed by atoms with Gasteiger partial charge in [-0.3, -0.25) is 20.3 Å². The van der Waals surface area contributed by atoms with Crippen molar-refractivity contribution in [1.29, 1.82) is 5.41 Å². The maximum absolute atomic E-state index is 14.2. The van der Waals surface area contributed by atoms with Crippen molar-refractivity contribution < 1.29 is 48.0 Å². The lowest BCUT2D eigenvalue weighted by Crippen LogP contribution is -2.31. The summed E-state index contributed by atoms with van der Waals surface area (Å²) in [5, 5.41) is 23.9. The molecule has 2 aromatic carbocycles. The number of pyridine rings is 1. The largest absolute Gasteiger partial charge is 0.511 e. The number of carbonyl (C=O) groups is 5. The van der Waals surface area contributed by atoms with Crippen molar-refractivity contribution in [3.05, 3.63) is 94.3 Å². The molecule has 59 heavy (non-hydrogen) atoms. The van der Waals surface area contributed by atoms with Gasteiger partial charge in [0.05, 0.1) is 13.2 Å². The average molecular weight is 811 g/mol. The van der Waals surface area contributed by atoms with Gasteiger partial charge in [-0.15, -0.1) is 0 Å². The topological polar surface area (TPSA) is 203 Å². The highest BCUT2D eigenvalue weighted by atomic mass is 16.8. The third-order valence-corrected chi connectivity index (χ3v) is 10.2. The minimum atomic E-state index is -1.39. The van der Waals surface area contributed by atoms with E-state index < -0.39 is 37.0 Å². The highest BCUT2D eigenvalue weighted by Crippen LogP contribution is 2.33. The third-order valence-electron chi connectivity index (χ3n) is 10.2. The fourth-order valence-corrected chi connectivity index (χ4v) is 6.74. The molecule has 3 aromatic rings. The Kier molecular flexibility index (Phi) is 16.3. The Labute approximate surface area is 344 Å². The van der Waals surface area contributed by atoms with E-state index in [0.29, 0.717) is 34.7 Å². The van der Waals surface area contributed by atoms with Crippen LogP contribution in [0.2, 0.25) is 0 Å². The van der Waals surface area contributed by atoms with Crippen LogP contribution in [-0.2, 0) is 32.0 Å². The summed E-state index contributed by atoms with van der Waals surface area (Å²) in [6, 6.07) is 12.6. The van der Waals surface area contributed by atoms with E-state index in [2.05, 4.69) is 29.1 Å². The third kappa shape index (κ3) is 13.1. The first-order chi connectivity index (χ1) is 28.5. The predicted octanol–water partition coefficient (Wildman–Crippen LogP) is 8.07. The summed E-state index contributed by atoms with van der Waals surface area (Å²) in [6.45, 7) is 7.59. The molecule has 1 heterocycles. The van der Waals surface area contributed by atoms with E-state index in [9.17, 15) is 29.1 Å². The summed E-state index contributed by atoms with van der Waals surface area (Å²) >= 11 is 0. The second-order valence-electron chi connectivity index (χ2n) is 14.9. The molecular weight excluding hydrogens is 757 g/mol. The molecule has 1 aromatic heterocycles. The number of amidine groups is 1. The van der Waals surface area contributed by atoms with Crippen LogP contribution in [0, 0.1) is 11.3 Å². The number of benzene rings is 2. The number of rotatable bonds is 19. The van der Waals surface area contributed by atoms with Crippen molar-refractivity contribution in [3.8, 4) is 11.1 Å². The number of nitrogens with one attached hydrogen (secondary N) is 3. The number of ether oxygens (including phenoxy) is 4. The number of aromatic nitrogens is 1. The molecule has 2 amide bonds. The number of esters is 1. The molecule has 2 aliphatic rings. The maximum atomic E-state index is 14.2. The number of aliphatic hydroxyl groups is 1. The Hall–Kier alpha value is -5.89. The van der Waals surface area contributed by atoms with Crippen LogP contribution >= 0.6 is 0 Å². The summed E-state index contributed by atoms with van der Waals surface area (Å²) in [5.41, 5.74) is 2.04. The zero-order valence-electron chi connectivity index (χ0n) is 33.8. The van der Waals surface area contributed by atoms with Gasteiger partial charge in [-0.2, -0.15) is 0 Å². The fourth-order valence-electron chi connectivity index (χ4n) is 6.74. The Bertz CT molecular complexity index is 2000. The summed E-state index contributed by atoms with van der Waals surface area (Å²) in [6.07, 6.45) is 8.25. The van der Waals surface area contributed by atoms with Crippen LogP contribution in [0.25, 0.3) is 17.2 Å². The summed E-state index contributed by atoms with van der Waals surface area (Å²) in [7, 11) is 0. The number of carbonyl (C=O) groups excluding carboxylic acids is 5. The normalized spacial score (nSPS) is 14.4. The quantitative estimate of drug-likeness (QED) is 0.0173.